The smallest absolute Gasteiger partial charge is 0.115 e. The molecule has 0 aliphatic rings. The van der Waals surface area contributed by atoms with Crippen LogP contribution in [0.1, 0.15) is 58.4 Å². The second-order valence-electron chi connectivity index (χ2n) is 8.37. The van der Waals surface area contributed by atoms with Crippen LogP contribution in [0.3, 0.4) is 0 Å². The van der Waals surface area contributed by atoms with Crippen LogP contribution in [-0.2, 0) is 5.41 Å². The first-order chi connectivity index (χ1) is 13.5. The molecule has 0 unspecified atom stereocenters. The second kappa shape index (κ2) is 9.10. The average molecular weight is 373 g/mol. The van der Waals surface area contributed by atoms with Crippen LogP contribution >= 0.6 is 0 Å². The van der Waals surface area contributed by atoms with E-state index in [0.29, 0.717) is 5.75 Å². The summed E-state index contributed by atoms with van der Waals surface area (Å²) in [5.74, 6) is 0.303. The maximum atomic E-state index is 9.71. The van der Waals surface area contributed by atoms with E-state index in [1.54, 1.807) is 12.1 Å². The van der Waals surface area contributed by atoms with E-state index in [1.807, 2.05) is 12.1 Å². The van der Waals surface area contributed by atoms with Crippen molar-refractivity contribution in [3.05, 3.63) is 78.4 Å². The minimum absolute atomic E-state index is 0.147. The summed E-state index contributed by atoms with van der Waals surface area (Å²) >= 11 is 0. The van der Waals surface area contributed by atoms with E-state index in [-0.39, 0.29) is 5.41 Å². The third kappa shape index (κ3) is 4.84. The Morgan fingerprint density at radius 1 is 0.714 bits per heavy atom. The molecule has 0 fully saturated rings. The molecule has 0 aromatic heterocycles. The van der Waals surface area contributed by atoms with Crippen LogP contribution in [0, 0.1) is 0 Å². The maximum Gasteiger partial charge on any atom is 0.115 e. The molecule has 0 heterocycles. The summed E-state index contributed by atoms with van der Waals surface area (Å²) in [7, 11) is 0. The summed E-state index contributed by atoms with van der Waals surface area (Å²) in [5.41, 5.74) is 6.35. The zero-order chi connectivity index (χ0) is 20.0. The zero-order valence-electron chi connectivity index (χ0n) is 17.4. The van der Waals surface area contributed by atoms with Crippen LogP contribution in [0.15, 0.2) is 72.8 Å². The highest BCUT2D eigenvalue weighted by Crippen LogP contribution is 2.38. The third-order valence-electron chi connectivity index (χ3n) is 5.72. The fourth-order valence-corrected chi connectivity index (χ4v) is 3.85. The highest BCUT2D eigenvalue weighted by molar-refractivity contribution is 5.84. The second-order valence-corrected chi connectivity index (χ2v) is 8.37. The van der Waals surface area contributed by atoms with Gasteiger partial charge in [0.1, 0.15) is 5.75 Å². The van der Waals surface area contributed by atoms with Gasteiger partial charge in [0.2, 0.25) is 0 Å². The number of aromatic hydroxyl groups is 1. The molecule has 0 radical (unpaired) electrons. The number of benzene rings is 3. The molecule has 28 heavy (non-hydrogen) atoms. The molecule has 1 heteroatoms. The molecule has 3 rings (SSSR count). The number of unbranched alkanes of at least 4 members (excludes halogenated alkanes) is 3. The van der Waals surface area contributed by atoms with Crippen molar-refractivity contribution in [1.82, 2.24) is 0 Å². The van der Waals surface area contributed by atoms with Crippen molar-refractivity contribution in [2.45, 2.75) is 58.3 Å². The zero-order valence-corrected chi connectivity index (χ0v) is 17.4. The Labute approximate surface area is 170 Å². The largest absolute Gasteiger partial charge is 0.508 e. The van der Waals surface area contributed by atoms with Gasteiger partial charge in [-0.25, -0.2) is 0 Å². The molecule has 1 N–H and O–H groups in total. The van der Waals surface area contributed by atoms with Crippen molar-refractivity contribution in [3.63, 3.8) is 0 Å². The number of hydrogen-bond acceptors (Lipinski definition) is 1. The van der Waals surface area contributed by atoms with Crippen LogP contribution in [0.4, 0.5) is 0 Å². The third-order valence-corrected chi connectivity index (χ3v) is 5.72. The fourth-order valence-electron chi connectivity index (χ4n) is 3.85. The van der Waals surface area contributed by atoms with Crippen molar-refractivity contribution in [1.29, 1.82) is 0 Å². The molecule has 0 bridgehead atoms. The van der Waals surface area contributed by atoms with Crippen LogP contribution in [-0.4, -0.2) is 5.11 Å². The molecule has 3 aromatic rings. The quantitative estimate of drug-likeness (QED) is 0.397. The van der Waals surface area contributed by atoms with E-state index in [9.17, 15) is 5.11 Å². The Hall–Kier alpha value is -2.54. The van der Waals surface area contributed by atoms with Gasteiger partial charge in [-0.3, -0.25) is 0 Å². The molecule has 3 aromatic carbocycles. The lowest BCUT2D eigenvalue weighted by Gasteiger charge is -2.27. The normalized spacial score (nSPS) is 11.5. The molecule has 1 nitrogen and oxygen atoms in total. The first-order valence-corrected chi connectivity index (χ1v) is 10.5. The van der Waals surface area contributed by atoms with E-state index in [0.717, 1.165) is 5.56 Å². The summed E-state index contributed by atoms with van der Waals surface area (Å²) in [4.78, 5) is 0. The Bertz CT molecular complexity index is 876. The van der Waals surface area contributed by atoms with Gasteiger partial charge in [-0.1, -0.05) is 101 Å². The molecule has 146 valence electrons. The highest BCUT2D eigenvalue weighted by atomic mass is 16.3. The summed E-state index contributed by atoms with van der Waals surface area (Å²) in [6, 6.07) is 25.0. The van der Waals surface area contributed by atoms with E-state index < -0.39 is 0 Å². The maximum absolute atomic E-state index is 9.71. The van der Waals surface area contributed by atoms with E-state index in [1.165, 1.54) is 54.4 Å². The minimum Gasteiger partial charge on any atom is -0.508 e. The van der Waals surface area contributed by atoms with Gasteiger partial charge in [0, 0.05) is 0 Å². The minimum atomic E-state index is 0.147. The predicted octanol–water partition coefficient (Wildman–Crippen LogP) is 7.97. The Kier molecular flexibility index (Phi) is 6.57. The summed E-state index contributed by atoms with van der Waals surface area (Å²) < 4.78 is 0. The van der Waals surface area contributed by atoms with Gasteiger partial charge in [-0.15, -0.1) is 0 Å². The van der Waals surface area contributed by atoms with Crippen molar-refractivity contribution in [3.8, 4) is 28.0 Å². The topological polar surface area (TPSA) is 20.2 Å². The average Bonchev–Trinajstić information content (AvgIpc) is 2.72. The van der Waals surface area contributed by atoms with Gasteiger partial charge < -0.3 is 5.11 Å². The van der Waals surface area contributed by atoms with Crippen LogP contribution in [0.2, 0.25) is 0 Å². The van der Waals surface area contributed by atoms with Gasteiger partial charge in [0.25, 0.3) is 0 Å². The molecule has 0 spiro atoms. The monoisotopic (exact) mass is 372 g/mol. The molecule has 0 aliphatic carbocycles. The molecule has 0 atom stereocenters. The lowest BCUT2D eigenvalue weighted by atomic mass is 9.78. The molecule has 0 aliphatic heterocycles. The van der Waals surface area contributed by atoms with Crippen LogP contribution in [0.25, 0.3) is 22.3 Å². The Morgan fingerprint density at radius 2 is 1.39 bits per heavy atom. The van der Waals surface area contributed by atoms with Crippen molar-refractivity contribution >= 4 is 0 Å². The summed E-state index contributed by atoms with van der Waals surface area (Å²) in [6.45, 7) is 6.98. The van der Waals surface area contributed by atoms with Gasteiger partial charge in [0.05, 0.1) is 0 Å². The fraction of sp³-hybridized carbons (Fsp3) is 0.333. The molecule has 0 amide bonds. The van der Waals surface area contributed by atoms with Crippen molar-refractivity contribution in [2.75, 3.05) is 0 Å². The first kappa shape index (κ1) is 20.2. The van der Waals surface area contributed by atoms with Gasteiger partial charge in [-0.2, -0.15) is 0 Å². The van der Waals surface area contributed by atoms with Crippen molar-refractivity contribution in [2.24, 2.45) is 0 Å². The molecule has 0 saturated heterocycles. The lowest BCUT2D eigenvalue weighted by Crippen LogP contribution is -2.17. The van der Waals surface area contributed by atoms with Crippen molar-refractivity contribution < 1.29 is 5.11 Å². The van der Waals surface area contributed by atoms with Crippen LogP contribution in [0.5, 0.6) is 5.75 Å². The Morgan fingerprint density at radius 3 is 2.07 bits per heavy atom. The lowest BCUT2D eigenvalue weighted by molar-refractivity contribution is 0.446. The number of hydrogen-bond donors (Lipinski definition) is 1. The standard InChI is InChI=1S/C27H32O/c1-4-5-6-10-19-27(2,3)23-15-18-25(21-11-8-7-9-12-21)26(20-23)22-13-16-24(28)17-14-22/h7-9,11-18,20,28H,4-6,10,19H2,1-3H3. The first-order valence-electron chi connectivity index (χ1n) is 10.5. The van der Waals surface area contributed by atoms with Crippen LogP contribution < -0.4 is 0 Å². The number of phenols is 1. The van der Waals surface area contributed by atoms with Gasteiger partial charge >= 0.3 is 0 Å². The van der Waals surface area contributed by atoms with Gasteiger partial charge in [0.15, 0.2) is 0 Å². The highest BCUT2D eigenvalue weighted by Gasteiger charge is 2.22. The van der Waals surface area contributed by atoms with E-state index in [4.69, 9.17) is 0 Å². The summed E-state index contributed by atoms with van der Waals surface area (Å²) in [5, 5.41) is 9.71. The van der Waals surface area contributed by atoms with Gasteiger partial charge in [-0.05, 0) is 57.9 Å². The Balaban J connectivity index is 2.00. The summed E-state index contributed by atoms with van der Waals surface area (Å²) in [6.07, 6.45) is 6.38. The number of phenolic OH excluding ortho intramolecular Hbond substituents is 1. The molecule has 0 saturated carbocycles. The molecular weight excluding hydrogens is 340 g/mol. The molecular formula is C27H32O. The van der Waals surface area contributed by atoms with E-state index >= 15 is 0 Å². The SMILES string of the molecule is CCCCCCC(C)(C)c1ccc(-c2ccccc2)c(-c2ccc(O)cc2)c1. The van der Waals surface area contributed by atoms with E-state index in [2.05, 4.69) is 69.3 Å². The predicted molar refractivity (Wildman–Crippen MR) is 121 cm³/mol. The number of rotatable bonds is 8.